The Hall–Kier alpha value is -1.91. The van der Waals surface area contributed by atoms with E-state index in [0.29, 0.717) is 36.0 Å². The molecule has 0 saturated carbocycles. The van der Waals surface area contributed by atoms with Gasteiger partial charge in [-0.25, -0.2) is 9.78 Å². The minimum absolute atomic E-state index is 0.222. The van der Waals surface area contributed by atoms with Gasteiger partial charge in [-0.1, -0.05) is 0 Å². The number of aromatic nitrogens is 1. The largest absolute Gasteiger partial charge is 0.463 e. The maximum Gasteiger partial charge on any atom is 0.337 e. The van der Waals surface area contributed by atoms with Gasteiger partial charge in [-0.3, -0.25) is 14.7 Å². The van der Waals surface area contributed by atoms with Crippen LogP contribution in [0.5, 0.6) is 0 Å². The fourth-order valence-electron chi connectivity index (χ4n) is 2.81. The van der Waals surface area contributed by atoms with E-state index in [1.54, 1.807) is 24.9 Å². The van der Waals surface area contributed by atoms with Crippen molar-refractivity contribution >= 4 is 40.8 Å². The molecule has 0 aromatic carbocycles. The van der Waals surface area contributed by atoms with Crippen molar-refractivity contribution in [3.05, 3.63) is 27.9 Å². The Kier molecular flexibility index (Phi) is 6.28. The maximum atomic E-state index is 12.3. The molecule has 1 aromatic heterocycles. The molecule has 3 heterocycles. The first kappa shape index (κ1) is 18.9. The summed E-state index contributed by atoms with van der Waals surface area (Å²) in [5.74, 6) is 1.47. The molecule has 3 rings (SSSR count). The van der Waals surface area contributed by atoms with Crippen molar-refractivity contribution in [3.8, 4) is 0 Å². The molecule has 1 saturated heterocycles. The molecule has 1 atom stereocenters. The van der Waals surface area contributed by atoms with Crippen LogP contribution in [0.1, 0.15) is 11.9 Å². The van der Waals surface area contributed by atoms with Crippen molar-refractivity contribution in [3.63, 3.8) is 0 Å². The summed E-state index contributed by atoms with van der Waals surface area (Å²) in [7, 11) is 0. The Morgan fingerprint density at radius 3 is 3.04 bits per heavy atom. The summed E-state index contributed by atoms with van der Waals surface area (Å²) in [6.07, 6.45) is 1.71. The second-order valence-corrected chi connectivity index (χ2v) is 7.81. The lowest BCUT2D eigenvalue weighted by atomic mass is 10.1. The Labute approximate surface area is 159 Å². The third-order valence-electron chi connectivity index (χ3n) is 4.11. The van der Waals surface area contributed by atoms with Gasteiger partial charge in [0.1, 0.15) is 0 Å². The molecular weight excluding hydrogens is 374 g/mol. The Balaban J connectivity index is 1.84. The van der Waals surface area contributed by atoms with Crippen LogP contribution in [0.2, 0.25) is 0 Å². The number of aliphatic imine (C=N–C) groups is 1. The van der Waals surface area contributed by atoms with Gasteiger partial charge in [0, 0.05) is 41.9 Å². The topological polar surface area (TPSA) is 110 Å². The lowest BCUT2D eigenvalue weighted by Gasteiger charge is -2.35. The van der Waals surface area contributed by atoms with Crippen LogP contribution in [0.3, 0.4) is 0 Å². The Morgan fingerprint density at radius 1 is 1.50 bits per heavy atom. The van der Waals surface area contributed by atoms with Gasteiger partial charge in [-0.2, -0.15) is 11.8 Å². The molecule has 140 valence electrons. The molecule has 0 radical (unpaired) electrons. The molecule has 2 aliphatic heterocycles. The van der Waals surface area contributed by atoms with Gasteiger partial charge in [-0.05, 0) is 6.92 Å². The number of thiazole rings is 1. The number of amidine groups is 1. The van der Waals surface area contributed by atoms with E-state index >= 15 is 0 Å². The number of rotatable bonds is 6. The number of amides is 1. The highest BCUT2D eigenvalue weighted by atomic mass is 32.2. The smallest absolute Gasteiger partial charge is 0.337 e. The fourth-order valence-corrected chi connectivity index (χ4v) is 4.53. The van der Waals surface area contributed by atoms with E-state index < -0.39 is 0 Å². The molecular formula is C16H21N5O3S2. The van der Waals surface area contributed by atoms with Crippen molar-refractivity contribution < 1.29 is 14.3 Å². The molecule has 3 N–H and O–H groups in total. The minimum Gasteiger partial charge on any atom is -0.463 e. The number of ether oxygens (including phenoxy) is 1. The quantitative estimate of drug-likeness (QED) is 0.663. The number of nitrogens with zero attached hydrogens (tertiary/aromatic N) is 3. The molecule has 10 heteroatoms. The van der Waals surface area contributed by atoms with Gasteiger partial charge in [0.25, 0.3) is 0 Å². The number of hydrogen-bond acceptors (Lipinski definition) is 9. The standard InChI is InChI=1S/C16H21N5O3S2/c1-2-24-16(23)10-7-19-14(15-18-3-5-26-15)20-11(10)8-21-4-6-25-9-12(21)13(17)22/h3,5,12H,2,4,6-9H2,1H3,(H2,17,22)(H,19,20). The van der Waals surface area contributed by atoms with Crippen molar-refractivity contribution in [2.45, 2.75) is 13.0 Å². The summed E-state index contributed by atoms with van der Waals surface area (Å²) >= 11 is 3.18. The number of primary amides is 1. The SMILES string of the molecule is CCOC(=O)C1=C(CN2CCSCC2C(N)=O)NC(c2nccs2)=NC1. The fraction of sp³-hybridized carbons (Fsp3) is 0.500. The number of nitrogens with one attached hydrogen (secondary N) is 1. The lowest BCUT2D eigenvalue weighted by molar-refractivity contribution is -0.138. The number of nitrogens with two attached hydrogens (primary N) is 1. The molecule has 2 aliphatic rings. The number of hydrogen-bond donors (Lipinski definition) is 2. The first-order valence-corrected chi connectivity index (χ1v) is 10.3. The molecule has 0 spiro atoms. The predicted molar refractivity (Wildman–Crippen MR) is 102 cm³/mol. The zero-order chi connectivity index (χ0) is 18.5. The lowest BCUT2D eigenvalue weighted by Crippen LogP contribution is -2.52. The highest BCUT2D eigenvalue weighted by molar-refractivity contribution is 7.99. The summed E-state index contributed by atoms with van der Waals surface area (Å²) < 4.78 is 5.17. The van der Waals surface area contributed by atoms with Crippen LogP contribution < -0.4 is 11.1 Å². The maximum absolute atomic E-state index is 12.3. The predicted octanol–water partition coefficient (Wildman–Crippen LogP) is 0.213. The average molecular weight is 396 g/mol. The zero-order valence-electron chi connectivity index (χ0n) is 14.4. The monoisotopic (exact) mass is 395 g/mol. The molecule has 1 fully saturated rings. The minimum atomic E-state index is -0.390. The Bertz CT molecular complexity index is 732. The van der Waals surface area contributed by atoms with Crippen LogP contribution >= 0.6 is 23.1 Å². The molecule has 1 amide bonds. The molecule has 0 aliphatic carbocycles. The van der Waals surface area contributed by atoms with E-state index in [9.17, 15) is 9.59 Å². The van der Waals surface area contributed by atoms with Gasteiger partial charge in [0.2, 0.25) is 5.91 Å². The summed E-state index contributed by atoms with van der Waals surface area (Å²) in [5, 5.41) is 5.85. The molecule has 26 heavy (non-hydrogen) atoms. The van der Waals surface area contributed by atoms with Crippen LogP contribution in [0.15, 0.2) is 27.8 Å². The van der Waals surface area contributed by atoms with E-state index in [-0.39, 0.29) is 24.5 Å². The number of carbonyl (C=O) groups is 2. The highest BCUT2D eigenvalue weighted by Crippen LogP contribution is 2.21. The van der Waals surface area contributed by atoms with E-state index in [1.807, 2.05) is 10.3 Å². The van der Waals surface area contributed by atoms with Crippen LogP contribution in [-0.2, 0) is 14.3 Å². The van der Waals surface area contributed by atoms with Gasteiger partial charge < -0.3 is 15.8 Å². The third kappa shape index (κ3) is 4.25. The number of carbonyl (C=O) groups excluding carboxylic acids is 2. The summed E-state index contributed by atoms with van der Waals surface area (Å²) in [6.45, 7) is 3.42. The van der Waals surface area contributed by atoms with Crippen LogP contribution in [-0.4, -0.2) is 71.4 Å². The van der Waals surface area contributed by atoms with Gasteiger partial charge in [-0.15, -0.1) is 11.3 Å². The first-order chi connectivity index (χ1) is 12.6. The summed E-state index contributed by atoms with van der Waals surface area (Å²) in [4.78, 5) is 34.8. The highest BCUT2D eigenvalue weighted by Gasteiger charge is 2.31. The zero-order valence-corrected chi connectivity index (χ0v) is 16.1. The normalized spacial score (nSPS) is 21.1. The van der Waals surface area contributed by atoms with Gasteiger partial charge in [0.15, 0.2) is 10.8 Å². The van der Waals surface area contributed by atoms with Crippen LogP contribution in [0.25, 0.3) is 0 Å². The van der Waals surface area contributed by atoms with E-state index in [0.717, 1.165) is 17.3 Å². The Morgan fingerprint density at radius 2 is 2.35 bits per heavy atom. The first-order valence-electron chi connectivity index (χ1n) is 8.31. The van der Waals surface area contributed by atoms with Crippen molar-refractivity contribution in [2.75, 3.05) is 37.7 Å². The van der Waals surface area contributed by atoms with Crippen molar-refractivity contribution in [1.29, 1.82) is 0 Å². The van der Waals surface area contributed by atoms with Crippen molar-refractivity contribution in [2.24, 2.45) is 10.7 Å². The summed E-state index contributed by atoms with van der Waals surface area (Å²) in [5.41, 5.74) is 6.73. The third-order valence-corrected chi connectivity index (χ3v) is 5.92. The average Bonchev–Trinajstić information content (AvgIpc) is 3.17. The van der Waals surface area contributed by atoms with E-state index in [1.165, 1.54) is 11.3 Å². The summed E-state index contributed by atoms with van der Waals surface area (Å²) in [6, 6.07) is -0.353. The van der Waals surface area contributed by atoms with Crippen LogP contribution in [0, 0.1) is 0 Å². The van der Waals surface area contributed by atoms with E-state index in [4.69, 9.17) is 10.5 Å². The van der Waals surface area contributed by atoms with Crippen LogP contribution in [0.4, 0.5) is 0 Å². The molecule has 1 unspecified atom stereocenters. The molecule has 1 aromatic rings. The van der Waals surface area contributed by atoms with E-state index in [2.05, 4.69) is 15.3 Å². The van der Waals surface area contributed by atoms with Crippen molar-refractivity contribution in [1.82, 2.24) is 15.2 Å². The number of esters is 1. The van der Waals surface area contributed by atoms with Gasteiger partial charge >= 0.3 is 5.97 Å². The number of thioether (sulfide) groups is 1. The second kappa shape index (κ2) is 8.65. The second-order valence-electron chi connectivity index (χ2n) is 5.77. The molecule has 8 nitrogen and oxygen atoms in total. The van der Waals surface area contributed by atoms with Gasteiger partial charge in [0.05, 0.1) is 24.8 Å². The molecule has 0 bridgehead atoms.